The topological polar surface area (TPSA) is 30.3 Å². The molecular formula is C16H22ClN3O. The first-order valence-corrected chi connectivity index (χ1v) is 7.42. The van der Waals surface area contributed by atoms with Gasteiger partial charge in [-0.1, -0.05) is 41.9 Å². The monoisotopic (exact) mass is 307 g/mol. The molecule has 4 nitrogen and oxygen atoms in total. The summed E-state index contributed by atoms with van der Waals surface area (Å²) in [7, 11) is 3.60. The summed E-state index contributed by atoms with van der Waals surface area (Å²) in [6, 6.07) is 10.4. The van der Waals surface area contributed by atoms with Crippen molar-refractivity contribution in [1.29, 1.82) is 0 Å². The Kier molecular flexibility index (Phi) is 5.79. The quantitative estimate of drug-likeness (QED) is 0.787. The van der Waals surface area contributed by atoms with Crippen molar-refractivity contribution in [2.45, 2.75) is 20.0 Å². The highest BCUT2D eigenvalue weighted by atomic mass is 35.5. The Morgan fingerprint density at radius 2 is 1.95 bits per heavy atom. The van der Waals surface area contributed by atoms with Crippen molar-refractivity contribution < 1.29 is 4.74 Å². The maximum Gasteiger partial charge on any atom is 0.131 e. The third-order valence-corrected chi connectivity index (χ3v) is 3.98. The molecule has 0 unspecified atom stereocenters. The van der Waals surface area contributed by atoms with E-state index in [1.807, 2.05) is 20.0 Å². The van der Waals surface area contributed by atoms with Crippen LogP contribution in [0.1, 0.15) is 16.8 Å². The van der Waals surface area contributed by atoms with Gasteiger partial charge in [0.2, 0.25) is 0 Å². The van der Waals surface area contributed by atoms with Gasteiger partial charge in [-0.25, -0.2) is 0 Å². The van der Waals surface area contributed by atoms with E-state index in [1.165, 1.54) is 5.56 Å². The normalized spacial score (nSPS) is 11.3. The van der Waals surface area contributed by atoms with E-state index in [1.54, 1.807) is 11.8 Å². The Labute approximate surface area is 131 Å². The zero-order valence-corrected chi connectivity index (χ0v) is 13.6. The molecule has 0 bridgehead atoms. The predicted octanol–water partition coefficient (Wildman–Crippen LogP) is 3.03. The van der Waals surface area contributed by atoms with Gasteiger partial charge in [0.15, 0.2) is 0 Å². The van der Waals surface area contributed by atoms with Crippen LogP contribution in [0.25, 0.3) is 0 Å². The van der Waals surface area contributed by atoms with Crippen molar-refractivity contribution in [2.24, 2.45) is 7.05 Å². The SMILES string of the molecule is COCCN(Cc1ccccc1)Cc1c(C)nn(C)c1Cl. The average molecular weight is 308 g/mol. The first-order chi connectivity index (χ1) is 10.1. The van der Waals surface area contributed by atoms with E-state index in [0.29, 0.717) is 11.8 Å². The van der Waals surface area contributed by atoms with Gasteiger partial charge in [-0.15, -0.1) is 0 Å². The molecule has 0 aliphatic carbocycles. The maximum atomic E-state index is 6.34. The lowest BCUT2D eigenvalue weighted by atomic mass is 10.2. The fraction of sp³-hybridized carbons (Fsp3) is 0.438. The van der Waals surface area contributed by atoms with Crippen LogP contribution in [0.15, 0.2) is 30.3 Å². The van der Waals surface area contributed by atoms with Crippen LogP contribution >= 0.6 is 11.6 Å². The lowest BCUT2D eigenvalue weighted by Gasteiger charge is -2.22. The average Bonchev–Trinajstić information content (AvgIpc) is 2.72. The highest BCUT2D eigenvalue weighted by Crippen LogP contribution is 2.21. The van der Waals surface area contributed by atoms with Crippen molar-refractivity contribution in [3.05, 3.63) is 52.3 Å². The summed E-state index contributed by atoms with van der Waals surface area (Å²) in [5.74, 6) is 0. The molecule has 0 N–H and O–H groups in total. The molecule has 0 amide bonds. The van der Waals surface area contributed by atoms with Crippen molar-refractivity contribution in [2.75, 3.05) is 20.3 Å². The molecule has 0 atom stereocenters. The largest absolute Gasteiger partial charge is 0.383 e. The fourth-order valence-electron chi connectivity index (χ4n) is 2.35. The van der Waals surface area contributed by atoms with E-state index in [2.05, 4.69) is 34.3 Å². The van der Waals surface area contributed by atoms with Gasteiger partial charge < -0.3 is 4.74 Å². The molecule has 1 aromatic heterocycles. The molecule has 21 heavy (non-hydrogen) atoms. The Morgan fingerprint density at radius 3 is 2.52 bits per heavy atom. The standard InChI is InChI=1S/C16H22ClN3O/c1-13-15(16(17)19(2)18-13)12-20(9-10-21-3)11-14-7-5-4-6-8-14/h4-8H,9-12H2,1-3H3. The number of nitrogens with zero attached hydrogens (tertiary/aromatic N) is 3. The number of methoxy groups -OCH3 is 1. The van der Waals surface area contributed by atoms with E-state index in [4.69, 9.17) is 16.3 Å². The van der Waals surface area contributed by atoms with Gasteiger partial charge >= 0.3 is 0 Å². The zero-order valence-electron chi connectivity index (χ0n) is 12.8. The minimum absolute atomic E-state index is 0.698. The summed E-state index contributed by atoms with van der Waals surface area (Å²) in [6.45, 7) is 5.20. The second kappa shape index (κ2) is 7.59. The highest BCUT2D eigenvalue weighted by molar-refractivity contribution is 6.30. The minimum Gasteiger partial charge on any atom is -0.383 e. The van der Waals surface area contributed by atoms with E-state index in [9.17, 15) is 0 Å². The number of benzene rings is 1. The molecule has 1 aromatic carbocycles. The molecule has 2 aromatic rings. The fourth-order valence-corrected chi connectivity index (χ4v) is 2.59. The summed E-state index contributed by atoms with van der Waals surface area (Å²) in [5.41, 5.74) is 3.36. The summed E-state index contributed by atoms with van der Waals surface area (Å²) in [5, 5.41) is 5.09. The maximum absolute atomic E-state index is 6.34. The lowest BCUT2D eigenvalue weighted by molar-refractivity contribution is 0.140. The third-order valence-electron chi connectivity index (χ3n) is 3.51. The Balaban J connectivity index is 2.12. The molecule has 0 saturated heterocycles. The second-order valence-corrected chi connectivity index (χ2v) is 5.53. The van der Waals surface area contributed by atoms with Gasteiger partial charge in [0.25, 0.3) is 0 Å². The van der Waals surface area contributed by atoms with E-state index in [0.717, 1.165) is 30.9 Å². The number of aryl methyl sites for hydroxylation is 2. The molecule has 0 radical (unpaired) electrons. The summed E-state index contributed by atoms with van der Waals surface area (Å²) in [4.78, 5) is 2.33. The van der Waals surface area contributed by atoms with Crippen molar-refractivity contribution in [3.8, 4) is 0 Å². The Hall–Kier alpha value is -1.36. The number of hydrogen-bond donors (Lipinski definition) is 0. The highest BCUT2D eigenvalue weighted by Gasteiger charge is 2.15. The van der Waals surface area contributed by atoms with Crippen molar-refractivity contribution in [1.82, 2.24) is 14.7 Å². The van der Waals surface area contributed by atoms with Crippen LogP contribution < -0.4 is 0 Å². The minimum atomic E-state index is 0.698. The van der Waals surface area contributed by atoms with Gasteiger partial charge in [0.05, 0.1) is 12.3 Å². The van der Waals surface area contributed by atoms with Gasteiger partial charge in [-0.2, -0.15) is 5.10 Å². The molecule has 2 rings (SSSR count). The van der Waals surface area contributed by atoms with Gasteiger partial charge in [0, 0.05) is 39.4 Å². The van der Waals surface area contributed by atoms with Crippen molar-refractivity contribution in [3.63, 3.8) is 0 Å². The van der Waals surface area contributed by atoms with E-state index in [-0.39, 0.29) is 0 Å². The number of ether oxygens (including phenoxy) is 1. The summed E-state index contributed by atoms with van der Waals surface area (Å²) < 4.78 is 6.94. The Bertz CT molecular complexity index is 568. The number of aromatic nitrogens is 2. The summed E-state index contributed by atoms with van der Waals surface area (Å²) >= 11 is 6.34. The first-order valence-electron chi connectivity index (χ1n) is 7.05. The molecule has 0 saturated carbocycles. The predicted molar refractivity (Wildman–Crippen MR) is 85.4 cm³/mol. The molecular weight excluding hydrogens is 286 g/mol. The van der Waals surface area contributed by atoms with E-state index < -0.39 is 0 Å². The molecule has 114 valence electrons. The second-order valence-electron chi connectivity index (χ2n) is 5.17. The molecule has 0 aliphatic heterocycles. The van der Waals surface area contributed by atoms with Crippen molar-refractivity contribution >= 4 is 11.6 Å². The molecule has 1 heterocycles. The van der Waals surface area contributed by atoms with Gasteiger partial charge in [-0.05, 0) is 12.5 Å². The van der Waals surface area contributed by atoms with Gasteiger partial charge in [-0.3, -0.25) is 9.58 Å². The van der Waals surface area contributed by atoms with E-state index >= 15 is 0 Å². The van der Waals surface area contributed by atoms with Crippen LogP contribution in [-0.2, 0) is 24.9 Å². The Morgan fingerprint density at radius 1 is 1.24 bits per heavy atom. The number of rotatable bonds is 7. The van der Waals surface area contributed by atoms with Gasteiger partial charge in [0.1, 0.15) is 5.15 Å². The molecule has 0 spiro atoms. The molecule has 0 aliphatic rings. The van der Waals surface area contributed by atoms with Crippen LogP contribution in [-0.4, -0.2) is 34.9 Å². The van der Waals surface area contributed by atoms with Crippen LogP contribution in [0.3, 0.4) is 0 Å². The first kappa shape index (κ1) is 16.0. The number of halogens is 1. The number of hydrogen-bond acceptors (Lipinski definition) is 3. The lowest BCUT2D eigenvalue weighted by Crippen LogP contribution is -2.27. The smallest absolute Gasteiger partial charge is 0.131 e. The molecule has 0 fully saturated rings. The zero-order chi connectivity index (χ0) is 15.2. The van der Waals surface area contributed by atoms with Crippen LogP contribution in [0.2, 0.25) is 5.15 Å². The summed E-state index contributed by atoms with van der Waals surface area (Å²) in [6.07, 6.45) is 0. The van der Waals surface area contributed by atoms with Crippen LogP contribution in [0.4, 0.5) is 0 Å². The molecule has 5 heteroatoms. The third kappa shape index (κ3) is 4.30. The van der Waals surface area contributed by atoms with Crippen LogP contribution in [0, 0.1) is 6.92 Å². The van der Waals surface area contributed by atoms with Crippen LogP contribution in [0.5, 0.6) is 0 Å².